The van der Waals surface area contributed by atoms with E-state index in [-0.39, 0.29) is 28.4 Å². The molecule has 150 valence electrons. The highest BCUT2D eigenvalue weighted by molar-refractivity contribution is 5.95. The number of hydrogen-bond acceptors (Lipinski definition) is 6. The normalized spacial score (nSPS) is 12.4. The molecule has 2 N–H and O–H groups in total. The molecule has 0 radical (unpaired) electrons. The van der Waals surface area contributed by atoms with Gasteiger partial charge >= 0.3 is 12.1 Å². The van der Waals surface area contributed by atoms with Crippen molar-refractivity contribution in [2.75, 3.05) is 0 Å². The lowest BCUT2D eigenvalue weighted by Crippen LogP contribution is -2.12. The summed E-state index contributed by atoms with van der Waals surface area (Å²) in [5, 5.41) is 3.65. The van der Waals surface area contributed by atoms with Gasteiger partial charge in [-0.1, -0.05) is 17.3 Å². The standard InChI is InChI=1S/C19H14F3N3O4/c1-10(28-18(27)12-7-5-11(6-8-12)15(23)26)17-24-16(25-29-17)13-3-2-4-14(9-13)19(20,21)22/h2-10H,1H3,(H2,23,26)/t10-/m0/s1. The fraction of sp³-hybridized carbons (Fsp3) is 0.158. The highest BCUT2D eigenvalue weighted by Gasteiger charge is 2.31. The van der Waals surface area contributed by atoms with Gasteiger partial charge < -0.3 is 15.0 Å². The summed E-state index contributed by atoms with van der Waals surface area (Å²) in [5.74, 6) is -1.50. The predicted molar refractivity (Wildman–Crippen MR) is 93.5 cm³/mol. The number of ether oxygens (including phenoxy) is 1. The lowest BCUT2D eigenvalue weighted by Gasteiger charge is -2.09. The van der Waals surface area contributed by atoms with Crippen molar-refractivity contribution < 1.29 is 32.0 Å². The Bertz CT molecular complexity index is 1050. The Morgan fingerprint density at radius 2 is 1.76 bits per heavy atom. The number of aromatic nitrogens is 2. The summed E-state index contributed by atoms with van der Waals surface area (Å²) in [4.78, 5) is 27.2. The predicted octanol–water partition coefficient (Wildman–Crippen LogP) is 3.77. The summed E-state index contributed by atoms with van der Waals surface area (Å²) in [5.41, 5.74) is 4.79. The molecule has 0 saturated heterocycles. The van der Waals surface area contributed by atoms with Crippen LogP contribution in [0.15, 0.2) is 53.1 Å². The zero-order valence-electron chi connectivity index (χ0n) is 14.9. The number of nitrogens with zero attached hydrogens (tertiary/aromatic N) is 2. The van der Waals surface area contributed by atoms with Crippen LogP contribution in [0.2, 0.25) is 0 Å². The number of benzene rings is 2. The van der Waals surface area contributed by atoms with Gasteiger partial charge in [0.05, 0.1) is 11.1 Å². The topological polar surface area (TPSA) is 108 Å². The maximum atomic E-state index is 12.8. The molecule has 0 bridgehead atoms. The van der Waals surface area contributed by atoms with Gasteiger partial charge in [0.2, 0.25) is 11.7 Å². The number of esters is 1. The first-order chi connectivity index (χ1) is 13.6. The molecular weight excluding hydrogens is 391 g/mol. The van der Waals surface area contributed by atoms with Crippen LogP contribution in [0.4, 0.5) is 13.2 Å². The Kier molecular flexibility index (Phi) is 5.35. The van der Waals surface area contributed by atoms with Crippen molar-refractivity contribution in [1.29, 1.82) is 0 Å². The van der Waals surface area contributed by atoms with Gasteiger partial charge in [-0.25, -0.2) is 4.79 Å². The Hall–Kier alpha value is -3.69. The number of hydrogen-bond donors (Lipinski definition) is 1. The highest BCUT2D eigenvalue weighted by Crippen LogP contribution is 2.31. The van der Waals surface area contributed by atoms with E-state index in [2.05, 4.69) is 10.1 Å². The van der Waals surface area contributed by atoms with E-state index < -0.39 is 29.7 Å². The molecule has 1 aromatic heterocycles. The molecule has 0 aliphatic heterocycles. The van der Waals surface area contributed by atoms with E-state index in [9.17, 15) is 22.8 Å². The van der Waals surface area contributed by atoms with Crippen molar-refractivity contribution in [3.05, 3.63) is 71.1 Å². The minimum absolute atomic E-state index is 0.0696. The summed E-state index contributed by atoms with van der Waals surface area (Å²) in [6, 6.07) is 9.95. The van der Waals surface area contributed by atoms with Crippen LogP contribution in [0.3, 0.4) is 0 Å². The van der Waals surface area contributed by atoms with Crippen LogP contribution < -0.4 is 5.73 Å². The van der Waals surface area contributed by atoms with Crippen LogP contribution in [0.25, 0.3) is 11.4 Å². The van der Waals surface area contributed by atoms with E-state index in [1.54, 1.807) is 0 Å². The zero-order chi connectivity index (χ0) is 21.2. The summed E-state index contributed by atoms with van der Waals surface area (Å²) < 4.78 is 48.8. The van der Waals surface area contributed by atoms with Crippen molar-refractivity contribution in [2.24, 2.45) is 5.73 Å². The summed E-state index contributed by atoms with van der Waals surface area (Å²) in [7, 11) is 0. The molecule has 3 aromatic rings. The van der Waals surface area contributed by atoms with E-state index in [0.29, 0.717) is 0 Å². The van der Waals surface area contributed by atoms with Gasteiger partial charge in [0.1, 0.15) is 0 Å². The molecule has 1 amide bonds. The summed E-state index contributed by atoms with van der Waals surface area (Å²) >= 11 is 0. The quantitative estimate of drug-likeness (QED) is 0.648. The van der Waals surface area contributed by atoms with Gasteiger partial charge in [-0.2, -0.15) is 18.2 Å². The Morgan fingerprint density at radius 3 is 2.38 bits per heavy atom. The zero-order valence-corrected chi connectivity index (χ0v) is 14.9. The lowest BCUT2D eigenvalue weighted by atomic mass is 10.1. The third kappa shape index (κ3) is 4.60. The molecule has 1 heterocycles. The number of amides is 1. The molecule has 0 unspecified atom stereocenters. The first-order valence-electron chi connectivity index (χ1n) is 8.27. The third-order valence-electron chi connectivity index (χ3n) is 3.93. The van der Waals surface area contributed by atoms with Crippen molar-refractivity contribution in [2.45, 2.75) is 19.2 Å². The Labute approximate surface area is 162 Å². The van der Waals surface area contributed by atoms with Gasteiger partial charge in [-0.15, -0.1) is 0 Å². The Morgan fingerprint density at radius 1 is 1.10 bits per heavy atom. The van der Waals surface area contributed by atoms with Crippen molar-refractivity contribution in [3.8, 4) is 11.4 Å². The minimum atomic E-state index is -4.50. The number of alkyl halides is 3. The fourth-order valence-electron chi connectivity index (χ4n) is 2.40. The van der Waals surface area contributed by atoms with E-state index >= 15 is 0 Å². The number of halogens is 3. The SMILES string of the molecule is C[C@H](OC(=O)c1ccc(C(N)=O)cc1)c1nc(-c2cccc(C(F)(F)F)c2)no1. The second kappa shape index (κ2) is 7.74. The smallest absolute Gasteiger partial charge is 0.416 e. The molecule has 0 fully saturated rings. The van der Waals surface area contributed by atoms with E-state index in [0.717, 1.165) is 12.1 Å². The lowest BCUT2D eigenvalue weighted by molar-refractivity contribution is -0.137. The highest BCUT2D eigenvalue weighted by atomic mass is 19.4. The van der Waals surface area contributed by atoms with Crippen LogP contribution in [-0.2, 0) is 10.9 Å². The van der Waals surface area contributed by atoms with Crippen LogP contribution >= 0.6 is 0 Å². The maximum absolute atomic E-state index is 12.8. The molecule has 0 saturated carbocycles. The van der Waals surface area contributed by atoms with Gasteiger partial charge in [0.15, 0.2) is 6.10 Å². The van der Waals surface area contributed by atoms with Crippen molar-refractivity contribution in [1.82, 2.24) is 10.1 Å². The van der Waals surface area contributed by atoms with Crippen LogP contribution in [0.5, 0.6) is 0 Å². The maximum Gasteiger partial charge on any atom is 0.416 e. The first kappa shape index (κ1) is 20.1. The molecule has 29 heavy (non-hydrogen) atoms. The molecular formula is C19H14F3N3O4. The van der Waals surface area contributed by atoms with Gasteiger partial charge in [0, 0.05) is 11.1 Å². The Balaban J connectivity index is 1.73. The number of primary amides is 1. The molecule has 10 heteroatoms. The second-order valence-electron chi connectivity index (χ2n) is 6.02. The van der Waals surface area contributed by atoms with Gasteiger partial charge in [0.25, 0.3) is 5.89 Å². The van der Waals surface area contributed by atoms with Crippen molar-refractivity contribution in [3.63, 3.8) is 0 Å². The summed E-state index contributed by atoms with van der Waals surface area (Å²) in [6.45, 7) is 1.47. The van der Waals surface area contributed by atoms with Crippen LogP contribution in [-0.4, -0.2) is 22.0 Å². The average Bonchev–Trinajstić information content (AvgIpc) is 3.18. The molecule has 0 spiro atoms. The number of rotatable bonds is 5. The number of carbonyl (C=O) groups excluding carboxylic acids is 2. The van der Waals surface area contributed by atoms with Gasteiger partial charge in [-0.3, -0.25) is 4.79 Å². The average molecular weight is 405 g/mol. The molecule has 2 aromatic carbocycles. The first-order valence-corrected chi connectivity index (χ1v) is 8.27. The molecule has 0 aliphatic carbocycles. The number of carbonyl (C=O) groups is 2. The van der Waals surface area contributed by atoms with E-state index in [4.69, 9.17) is 15.0 Å². The van der Waals surface area contributed by atoms with Crippen LogP contribution in [0.1, 0.15) is 45.2 Å². The monoisotopic (exact) mass is 405 g/mol. The third-order valence-corrected chi connectivity index (χ3v) is 3.93. The minimum Gasteiger partial charge on any atom is -0.449 e. The summed E-state index contributed by atoms with van der Waals surface area (Å²) in [6.07, 6.45) is -5.46. The van der Waals surface area contributed by atoms with E-state index in [1.165, 1.54) is 43.3 Å². The van der Waals surface area contributed by atoms with Crippen LogP contribution in [0, 0.1) is 0 Å². The van der Waals surface area contributed by atoms with Crippen molar-refractivity contribution >= 4 is 11.9 Å². The number of nitrogens with two attached hydrogens (primary N) is 1. The molecule has 3 rings (SSSR count). The molecule has 1 atom stereocenters. The molecule has 0 aliphatic rings. The second-order valence-corrected chi connectivity index (χ2v) is 6.02. The van der Waals surface area contributed by atoms with E-state index in [1.807, 2.05) is 0 Å². The fourth-order valence-corrected chi connectivity index (χ4v) is 2.40. The van der Waals surface area contributed by atoms with Gasteiger partial charge in [-0.05, 0) is 43.3 Å². The largest absolute Gasteiger partial charge is 0.449 e. The molecule has 7 nitrogen and oxygen atoms in total.